The van der Waals surface area contributed by atoms with Crippen molar-refractivity contribution in [3.63, 3.8) is 0 Å². The van der Waals surface area contributed by atoms with Crippen LogP contribution in [0.2, 0.25) is 0 Å². The fourth-order valence-electron chi connectivity index (χ4n) is 1.24. The number of carboxylic acids is 1. The normalized spacial score (nSPS) is 16.3. The van der Waals surface area contributed by atoms with E-state index in [2.05, 4.69) is 6.58 Å². The van der Waals surface area contributed by atoms with Gasteiger partial charge in [-0.2, -0.15) is 0 Å². The Kier molecular flexibility index (Phi) is 3.67. The molecule has 0 saturated carbocycles. The number of rotatable bonds is 5. The summed E-state index contributed by atoms with van der Waals surface area (Å²) in [6.45, 7) is 8.40. The molecule has 0 aliphatic rings. The Morgan fingerprint density at radius 1 is 1.54 bits per heavy atom. The van der Waals surface area contributed by atoms with Gasteiger partial charge in [-0.3, -0.25) is 4.79 Å². The molecule has 0 bridgehead atoms. The van der Waals surface area contributed by atoms with Crippen molar-refractivity contribution in [2.75, 3.05) is 0 Å². The van der Waals surface area contributed by atoms with Gasteiger partial charge in [0.1, 0.15) is 0 Å². The third-order valence-corrected chi connectivity index (χ3v) is 2.59. The van der Waals surface area contributed by atoms with Crippen LogP contribution < -0.4 is 0 Å². The van der Waals surface area contributed by atoms with E-state index in [4.69, 9.17) is 5.11 Å². The Labute approximate surface area is 79.1 Å². The fourth-order valence-corrected chi connectivity index (χ4v) is 1.24. The quantitative estimate of drug-likeness (QED) is 0.644. The maximum Gasteiger partial charge on any atom is 0.312 e. The summed E-state index contributed by atoms with van der Waals surface area (Å²) < 4.78 is 0. The van der Waals surface area contributed by atoms with Crippen LogP contribution in [0.15, 0.2) is 12.7 Å². The minimum absolute atomic E-state index is 0.413. The second-order valence-electron chi connectivity index (χ2n) is 3.81. The zero-order valence-electron chi connectivity index (χ0n) is 8.50. The zero-order chi connectivity index (χ0) is 10.7. The first-order valence-corrected chi connectivity index (χ1v) is 4.41. The first kappa shape index (κ1) is 12.2. The van der Waals surface area contributed by atoms with Gasteiger partial charge in [-0.25, -0.2) is 0 Å². The Morgan fingerprint density at radius 3 is 2.23 bits per heavy atom. The van der Waals surface area contributed by atoms with Crippen molar-refractivity contribution in [1.82, 2.24) is 0 Å². The van der Waals surface area contributed by atoms with Crippen LogP contribution in [0.3, 0.4) is 0 Å². The molecule has 1 atom stereocenters. The van der Waals surface area contributed by atoms with Gasteiger partial charge in [-0.1, -0.05) is 19.4 Å². The topological polar surface area (TPSA) is 57.5 Å². The molecule has 0 aliphatic carbocycles. The maximum absolute atomic E-state index is 10.9. The van der Waals surface area contributed by atoms with Crippen LogP contribution in [-0.4, -0.2) is 21.8 Å². The summed E-state index contributed by atoms with van der Waals surface area (Å²) in [5.74, 6) is -1.01. The van der Waals surface area contributed by atoms with Gasteiger partial charge in [0.05, 0.1) is 11.0 Å². The molecule has 0 spiro atoms. The van der Waals surface area contributed by atoms with Gasteiger partial charge < -0.3 is 10.2 Å². The third-order valence-electron chi connectivity index (χ3n) is 2.59. The highest BCUT2D eigenvalue weighted by Crippen LogP contribution is 2.35. The number of aliphatic carboxylic acids is 1. The van der Waals surface area contributed by atoms with Gasteiger partial charge in [0.25, 0.3) is 0 Å². The lowest BCUT2D eigenvalue weighted by Crippen LogP contribution is -2.48. The first-order chi connectivity index (χ1) is 5.81. The van der Waals surface area contributed by atoms with E-state index < -0.39 is 17.0 Å². The molecule has 0 radical (unpaired) electrons. The van der Waals surface area contributed by atoms with E-state index in [9.17, 15) is 9.90 Å². The first-order valence-electron chi connectivity index (χ1n) is 4.41. The van der Waals surface area contributed by atoms with Crippen molar-refractivity contribution in [2.24, 2.45) is 5.41 Å². The molecule has 1 unspecified atom stereocenters. The molecule has 0 amide bonds. The Morgan fingerprint density at radius 2 is 2.00 bits per heavy atom. The van der Waals surface area contributed by atoms with Crippen molar-refractivity contribution >= 4 is 5.97 Å². The SMILES string of the molecule is C=CC(O)(CCC)C(C)(C)C(=O)O. The second-order valence-corrected chi connectivity index (χ2v) is 3.81. The molecule has 0 aromatic carbocycles. The smallest absolute Gasteiger partial charge is 0.312 e. The van der Waals surface area contributed by atoms with Gasteiger partial charge in [0.2, 0.25) is 0 Å². The van der Waals surface area contributed by atoms with Gasteiger partial charge in [0.15, 0.2) is 0 Å². The molecule has 0 aromatic heterocycles. The predicted molar refractivity (Wildman–Crippen MR) is 51.5 cm³/mol. The standard InChI is InChI=1S/C10H18O3/c1-5-7-10(13,6-2)9(3,4)8(11)12/h6,13H,2,5,7H2,1,3-4H3,(H,11,12). The molecule has 3 nitrogen and oxygen atoms in total. The summed E-state index contributed by atoms with van der Waals surface area (Å²) in [6.07, 6.45) is 2.46. The van der Waals surface area contributed by atoms with Crippen molar-refractivity contribution in [1.29, 1.82) is 0 Å². The summed E-state index contributed by atoms with van der Waals surface area (Å²) in [5.41, 5.74) is -2.52. The van der Waals surface area contributed by atoms with E-state index in [0.29, 0.717) is 6.42 Å². The largest absolute Gasteiger partial charge is 0.481 e. The van der Waals surface area contributed by atoms with Gasteiger partial charge in [0, 0.05) is 0 Å². The number of carbonyl (C=O) groups is 1. The molecule has 13 heavy (non-hydrogen) atoms. The van der Waals surface area contributed by atoms with Crippen LogP contribution in [0.4, 0.5) is 0 Å². The van der Waals surface area contributed by atoms with Crippen molar-refractivity contribution in [3.05, 3.63) is 12.7 Å². The number of hydrogen-bond acceptors (Lipinski definition) is 2. The molecule has 0 aliphatic heterocycles. The molecule has 0 aromatic rings. The van der Waals surface area contributed by atoms with E-state index in [-0.39, 0.29) is 0 Å². The van der Waals surface area contributed by atoms with Crippen LogP contribution in [-0.2, 0) is 4.79 Å². The number of hydrogen-bond donors (Lipinski definition) is 2. The summed E-state index contributed by atoms with van der Waals surface area (Å²) in [4.78, 5) is 10.9. The lowest BCUT2D eigenvalue weighted by atomic mass is 9.72. The van der Waals surface area contributed by atoms with Crippen LogP contribution in [0, 0.1) is 5.41 Å². The average molecular weight is 186 g/mol. The Bertz CT molecular complexity index is 208. The zero-order valence-corrected chi connectivity index (χ0v) is 8.50. The maximum atomic E-state index is 10.9. The molecular weight excluding hydrogens is 168 g/mol. The summed E-state index contributed by atoms with van der Waals surface area (Å²) >= 11 is 0. The molecule has 0 saturated heterocycles. The van der Waals surface area contributed by atoms with E-state index in [1.807, 2.05) is 6.92 Å². The number of carboxylic acid groups (broad SMARTS) is 1. The van der Waals surface area contributed by atoms with Crippen LogP contribution in [0.1, 0.15) is 33.6 Å². The van der Waals surface area contributed by atoms with Crippen LogP contribution >= 0.6 is 0 Å². The molecular formula is C10H18O3. The molecule has 76 valence electrons. The lowest BCUT2D eigenvalue weighted by Gasteiger charge is -2.37. The molecule has 2 N–H and O–H groups in total. The van der Waals surface area contributed by atoms with Gasteiger partial charge >= 0.3 is 5.97 Å². The van der Waals surface area contributed by atoms with Crippen molar-refractivity contribution < 1.29 is 15.0 Å². The third kappa shape index (κ3) is 2.10. The van der Waals surface area contributed by atoms with Crippen LogP contribution in [0.25, 0.3) is 0 Å². The van der Waals surface area contributed by atoms with Crippen molar-refractivity contribution in [2.45, 2.75) is 39.2 Å². The minimum Gasteiger partial charge on any atom is -0.481 e. The van der Waals surface area contributed by atoms with Crippen LogP contribution in [0.5, 0.6) is 0 Å². The van der Waals surface area contributed by atoms with Gasteiger partial charge in [-0.05, 0) is 20.3 Å². The van der Waals surface area contributed by atoms with E-state index in [0.717, 1.165) is 6.42 Å². The minimum atomic E-state index is -1.33. The molecule has 0 heterocycles. The summed E-state index contributed by atoms with van der Waals surface area (Å²) in [5, 5.41) is 18.9. The Hall–Kier alpha value is -0.830. The highest BCUT2D eigenvalue weighted by molar-refractivity contribution is 5.75. The molecule has 3 heteroatoms. The van der Waals surface area contributed by atoms with E-state index in [1.54, 1.807) is 0 Å². The fraction of sp³-hybridized carbons (Fsp3) is 0.700. The lowest BCUT2D eigenvalue weighted by molar-refractivity contribution is -0.159. The Balaban J connectivity index is 4.93. The van der Waals surface area contributed by atoms with E-state index in [1.165, 1.54) is 19.9 Å². The summed E-state index contributed by atoms with van der Waals surface area (Å²) in [7, 11) is 0. The predicted octanol–water partition coefficient (Wildman–Crippen LogP) is 1.81. The van der Waals surface area contributed by atoms with Crippen molar-refractivity contribution in [3.8, 4) is 0 Å². The van der Waals surface area contributed by atoms with E-state index >= 15 is 0 Å². The summed E-state index contributed by atoms with van der Waals surface area (Å²) in [6, 6.07) is 0. The monoisotopic (exact) mass is 186 g/mol. The van der Waals surface area contributed by atoms with Gasteiger partial charge in [-0.15, -0.1) is 6.58 Å². The number of aliphatic hydroxyl groups is 1. The highest BCUT2D eigenvalue weighted by Gasteiger charge is 2.46. The second kappa shape index (κ2) is 3.92. The molecule has 0 fully saturated rings. The molecule has 0 rings (SSSR count). The highest BCUT2D eigenvalue weighted by atomic mass is 16.4. The average Bonchev–Trinajstić information content (AvgIpc) is 2.04.